The first-order valence-corrected chi connectivity index (χ1v) is 11.5. The molecule has 0 atom stereocenters. The smallest absolute Gasteiger partial charge is 0.305 e. The molecule has 0 saturated carbocycles. The Morgan fingerprint density at radius 1 is 0.769 bits per heavy atom. The molecule has 0 bridgehead atoms. The predicted octanol–water partition coefficient (Wildman–Crippen LogP) is 8.00. The van der Waals surface area contributed by atoms with Crippen LogP contribution >= 0.6 is 0 Å². The van der Waals surface area contributed by atoms with E-state index in [1.807, 2.05) is 0 Å². The molecule has 0 saturated heterocycles. The lowest BCUT2D eigenvalue weighted by molar-refractivity contribution is -0.143. The number of rotatable bonds is 19. The van der Waals surface area contributed by atoms with Gasteiger partial charge in [-0.3, -0.25) is 4.79 Å². The zero-order valence-electron chi connectivity index (χ0n) is 18.1. The highest BCUT2D eigenvalue weighted by atomic mass is 16.5. The van der Waals surface area contributed by atoms with Crippen LogP contribution in [0.2, 0.25) is 0 Å². The normalized spacial score (nSPS) is 11.5. The largest absolute Gasteiger partial charge is 0.466 e. The van der Waals surface area contributed by atoms with Crippen LogP contribution in [0.1, 0.15) is 124 Å². The number of hydrogen-bond acceptors (Lipinski definition) is 2. The maximum absolute atomic E-state index is 11.7. The molecule has 0 rings (SSSR count). The second kappa shape index (κ2) is 20.5. The summed E-state index contributed by atoms with van der Waals surface area (Å²) in [6, 6.07) is 0. The van der Waals surface area contributed by atoms with Crippen LogP contribution < -0.4 is 0 Å². The lowest BCUT2D eigenvalue weighted by atomic mass is 10.1. The number of carbonyl (C=O) groups is 1. The SMILES string of the molecule is CCCCCC/C=C\CCCCCCCC(=O)OCCCCCC(C)C. The highest BCUT2D eigenvalue weighted by Gasteiger charge is 2.02. The van der Waals surface area contributed by atoms with Gasteiger partial charge in [-0.25, -0.2) is 0 Å². The van der Waals surface area contributed by atoms with Gasteiger partial charge in [-0.2, -0.15) is 0 Å². The summed E-state index contributed by atoms with van der Waals surface area (Å²) in [5.74, 6) is 0.781. The second-order valence-corrected chi connectivity index (χ2v) is 8.09. The van der Waals surface area contributed by atoms with Crippen molar-refractivity contribution < 1.29 is 9.53 Å². The third kappa shape index (κ3) is 21.3. The van der Waals surface area contributed by atoms with Gasteiger partial charge in [0, 0.05) is 6.42 Å². The molecule has 26 heavy (non-hydrogen) atoms. The van der Waals surface area contributed by atoms with Crippen LogP contribution in [-0.4, -0.2) is 12.6 Å². The molecule has 2 heteroatoms. The van der Waals surface area contributed by atoms with E-state index in [1.165, 1.54) is 77.0 Å². The Labute approximate surface area is 164 Å². The average Bonchev–Trinajstić information content (AvgIpc) is 2.61. The van der Waals surface area contributed by atoms with Crippen molar-refractivity contribution >= 4 is 5.97 Å². The fourth-order valence-corrected chi connectivity index (χ4v) is 3.08. The summed E-state index contributed by atoms with van der Waals surface area (Å²) in [5.41, 5.74) is 0. The third-order valence-corrected chi connectivity index (χ3v) is 4.83. The van der Waals surface area contributed by atoms with Crippen molar-refractivity contribution in [1.29, 1.82) is 0 Å². The van der Waals surface area contributed by atoms with Crippen LogP contribution in [0.25, 0.3) is 0 Å². The molecule has 0 aliphatic heterocycles. The van der Waals surface area contributed by atoms with Crippen molar-refractivity contribution in [1.82, 2.24) is 0 Å². The van der Waals surface area contributed by atoms with Crippen LogP contribution in [0, 0.1) is 5.92 Å². The van der Waals surface area contributed by atoms with Crippen molar-refractivity contribution in [2.24, 2.45) is 5.92 Å². The molecule has 0 fully saturated rings. The Morgan fingerprint density at radius 3 is 2.00 bits per heavy atom. The predicted molar refractivity (Wildman–Crippen MR) is 114 cm³/mol. The highest BCUT2D eigenvalue weighted by molar-refractivity contribution is 5.69. The fraction of sp³-hybridized carbons (Fsp3) is 0.875. The Kier molecular flexibility index (Phi) is 19.9. The lowest BCUT2D eigenvalue weighted by Crippen LogP contribution is -2.05. The molecule has 0 aromatic carbocycles. The summed E-state index contributed by atoms with van der Waals surface area (Å²) in [5, 5.41) is 0. The molecule has 2 nitrogen and oxygen atoms in total. The van der Waals surface area contributed by atoms with Gasteiger partial charge < -0.3 is 4.74 Å². The molecule has 0 unspecified atom stereocenters. The first-order chi connectivity index (χ1) is 12.7. The number of unbranched alkanes of at least 4 members (excludes halogenated alkanes) is 11. The minimum atomic E-state index is -0.000124. The van der Waals surface area contributed by atoms with Crippen LogP contribution in [0.3, 0.4) is 0 Å². The van der Waals surface area contributed by atoms with Gasteiger partial charge in [0.05, 0.1) is 6.61 Å². The number of esters is 1. The van der Waals surface area contributed by atoms with E-state index in [1.54, 1.807) is 0 Å². The van der Waals surface area contributed by atoms with Crippen LogP contribution in [0.4, 0.5) is 0 Å². The summed E-state index contributed by atoms with van der Waals surface area (Å²) in [7, 11) is 0. The number of ether oxygens (including phenoxy) is 1. The van der Waals surface area contributed by atoms with Gasteiger partial charge in [0.15, 0.2) is 0 Å². The summed E-state index contributed by atoms with van der Waals surface area (Å²) in [4.78, 5) is 11.7. The molecule has 0 aliphatic rings. The molecule has 0 amide bonds. The van der Waals surface area contributed by atoms with Gasteiger partial charge in [0.2, 0.25) is 0 Å². The Morgan fingerprint density at radius 2 is 1.35 bits per heavy atom. The van der Waals surface area contributed by atoms with E-state index < -0.39 is 0 Å². The minimum absolute atomic E-state index is 0.000124. The maximum atomic E-state index is 11.7. The molecule has 0 spiro atoms. The standard InChI is InChI=1S/C24H46O2/c1-4-5-6-7-8-9-10-11-12-13-14-15-18-21-24(25)26-22-19-16-17-20-23(2)3/h9-10,23H,4-8,11-22H2,1-3H3/b10-9-. The van der Waals surface area contributed by atoms with E-state index in [2.05, 4.69) is 32.9 Å². The Balaban J connectivity index is 3.22. The van der Waals surface area contributed by atoms with Gasteiger partial charge >= 0.3 is 5.97 Å². The summed E-state index contributed by atoms with van der Waals surface area (Å²) < 4.78 is 5.31. The monoisotopic (exact) mass is 366 g/mol. The van der Waals surface area contributed by atoms with E-state index in [0.717, 1.165) is 25.2 Å². The van der Waals surface area contributed by atoms with Gasteiger partial charge in [-0.15, -0.1) is 0 Å². The molecule has 0 heterocycles. The van der Waals surface area contributed by atoms with Gasteiger partial charge in [-0.1, -0.05) is 90.7 Å². The van der Waals surface area contributed by atoms with Crippen molar-refractivity contribution in [2.75, 3.05) is 6.61 Å². The maximum Gasteiger partial charge on any atom is 0.305 e. The molecule has 154 valence electrons. The first-order valence-electron chi connectivity index (χ1n) is 11.5. The first kappa shape index (κ1) is 25.2. The summed E-state index contributed by atoms with van der Waals surface area (Å²) in [6.45, 7) is 7.38. The molecule has 0 N–H and O–H groups in total. The van der Waals surface area contributed by atoms with E-state index in [-0.39, 0.29) is 5.97 Å². The van der Waals surface area contributed by atoms with E-state index in [4.69, 9.17) is 4.74 Å². The van der Waals surface area contributed by atoms with Gasteiger partial charge in [0.25, 0.3) is 0 Å². The highest BCUT2D eigenvalue weighted by Crippen LogP contribution is 2.10. The van der Waals surface area contributed by atoms with E-state index >= 15 is 0 Å². The molecule has 0 radical (unpaired) electrons. The van der Waals surface area contributed by atoms with Crippen molar-refractivity contribution in [2.45, 2.75) is 124 Å². The van der Waals surface area contributed by atoms with Crippen LogP contribution in [0.5, 0.6) is 0 Å². The topological polar surface area (TPSA) is 26.3 Å². The van der Waals surface area contributed by atoms with Crippen LogP contribution in [0.15, 0.2) is 12.2 Å². The number of allylic oxidation sites excluding steroid dienone is 2. The third-order valence-electron chi connectivity index (χ3n) is 4.83. The van der Waals surface area contributed by atoms with Crippen molar-refractivity contribution in [3.63, 3.8) is 0 Å². The van der Waals surface area contributed by atoms with Crippen molar-refractivity contribution in [3.05, 3.63) is 12.2 Å². The molecule has 0 aliphatic carbocycles. The molecular weight excluding hydrogens is 320 g/mol. The average molecular weight is 367 g/mol. The van der Waals surface area contributed by atoms with Crippen LogP contribution in [-0.2, 0) is 9.53 Å². The zero-order chi connectivity index (χ0) is 19.3. The van der Waals surface area contributed by atoms with E-state index in [9.17, 15) is 4.79 Å². The quantitative estimate of drug-likeness (QED) is 0.131. The molecular formula is C24H46O2. The lowest BCUT2D eigenvalue weighted by Gasteiger charge is -2.06. The summed E-state index contributed by atoms with van der Waals surface area (Å²) >= 11 is 0. The van der Waals surface area contributed by atoms with Gasteiger partial charge in [-0.05, 0) is 44.4 Å². The van der Waals surface area contributed by atoms with Gasteiger partial charge in [0.1, 0.15) is 0 Å². The molecule has 0 aromatic rings. The number of hydrogen-bond donors (Lipinski definition) is 0. The summed E-state index contributed by atoms with van der Waals surface area (Å²) in [6.07, 6.45) is 23.9. The molecule has 0 aromatic heterocycles. The number of carbonyl (C=O) groups excluding carboxylic acids is 1. The Hall–Kier alpha value is -0.790. The minimum Gasteiger partial charge on any atom is -0.466 e. The fourth-order valence-electron chi connectivity index (χ4n) is 3.08. The van der Waals surface area contributed by atoms with Crippen molar-refractivity contribution in [3.8, 4) is 0 Å². The Bertz CT molecular complexity index is 320. The second-order valence-electron chi connectivity index (χ2n) is 8.09. The van der Waals surface area contributed by atoms with E-state index in [0.29, 0.717) is 13.0 Å². The zero-order valence-corrected chi connectivity index (χ0v) is 18.1.